The van der Waals surface area contributed by atoms with Crippen molar-refractivity contribution in [2.75, 3.05) is 40.5 Å². The number of fused-ring (bicyclic) bond motifs is 1. The Hall–Kier alpha value is -2.09. The monoisotopic (exact) mass is 465 g/mol. The lowest BCUT2D eigenvalue weighted by Gasteiger charge is -2.23. The lowest BCUT2D eigenvalue weighted by molar-refractivity contribution is 0.101. The molecule has 0 saturated heterocycles. The third-order valence-electron chi connectivity index (χ3n) is 5.10. The summed E-state index contributed by atoms with van der Waals surface area (Å²) in [6, 6.07) is 6.70. The molecule has 0 aliphatic carbocycles. The van der Waals surface area contributed by atoms with Crippen LogP contribution in [0.25, 0.3) is 6.08 Å². The normalized spacial score (nSPS) is 14.4. The molecular formula is C23H25Cl2NO5. The van der Waals surface area contributed by atoms with Gasteiger partial charge in [0.15, 0.2) is 5.76 Å². The Bertz CT molecular complexity index is 978. The van der Waals surface area contributed by atoms with Gasteiger partial charge in [0.25, 0.3) is 0 Å². The van der Waals surface area contributed by atoms with Crippen molar-refractivity contribution in [3.63, 3.8) is 0 Å². The first-order valence-electron chi connectivity index (χ1n) is 9.81. The van der Waals surface area contributed by atoms with E-state index in [1.807, 2.05) is 0 Å². The number of nitrogens with zero attached hydrogens (tertiary/aromatic N) is 1. The Morgan fingerprint density at radius 1 is 1.13 bits per heavy atom. The first-order chi connectivity index (χ1) is 14.9. The Labute approximate surface area is 191 Å². The molecule has 6 nitrogen and oxygen atoms in total. The van der Waals surface area contributed by atoms with Crippen molar-refractivity contribution in [2.24, 2.45) is 0 Å². The molecule has 3 rings (SSSR count). The van der Waals surface area contributed by atoms with Crippen molar-refractivity contribution in [1.29, 1.82) is 0 Å². The summed E-state index contributed by atoms with van der Waals surface area (Å²) in [5, 5.41) is 11.5. The number of hydrogen-bond donors (Lipinski definition) is 1. The smallest absolute Gasteiger partial charge is 0.232 e. The molecule has 1 heterocycles. The van der Waals surface area contributed by atoms with Crippen LogP contribution in [-0.2, 0) is 16.0 Å². The highest BCUT2D eigenvalue weighted by Crippen LogP contribution is 2.43. The lowest BCUT2D eigenvalue weighted by atomic mass is 9.99. The molecule has 1 N–H and O–H groups in total. The van der Waals surface area contributed by atoms with Gasteiger partial charge < -0.3 is 19.3 Å². The van der Waals surface area contributed by atoms with Crippen LogP contribution in [0.3, 0.4) is 0 Å². The van der Waals surface area contributed by atoms with Crippen molar-refractivity contribution in [3.05, 3.63) is 62.3 Å². The molecule has 8 heteroatoms. The molecular weight excluding hydrogens is 441 g/mol. The van der Waals surface area contributed by atoms with Gasteiger partial charge in [-0.3, -0.25) is 9.69 Å². The standard InChI is InChI=1S/C23H25Cl2NO5/c1-14-11-19(27)16(13-26(7-9-29-2)8-10-30-3)23-21(14)22(28)20(31-23)12-15-17(24)5-4-6-18(15)25/h4-6,11-12,27H,7-10,13H2,1-3H3/b20-12+. The van der Waals surface area contributed by atoms with Crippen LogP contribution < -0.4 is 4.74 Å². The van der Waals surface area contributed by atoms with Gasteiger partial charge in [-0.25, -0.2) is 0 Å². The van der Waals surface area contributed by atoms with E-state index in [1.165, 1.54) is 0 Å². The van der Waals surface area contributed by atoms with Crippen LogP contribution in [0.4, 0.5) is 0 Å². The average molecular weight is 466 g/mol. The molecule has 0 spiro atoms. The molecule has 0 amide bonds. The van der Waals surface area contributed by atoms with E-state index in [0.29, 0.717) is 70.9 Å². The molecule has 0 bridgehead atoms. The molecule has 2 aromatic rings. The van der Waals surface area contributed by atoms with Crippen LogP contribution in [-0.4, -0.2) is 56.3 Å². The van der Waals surface area contributed by atoms with E-state index in [1.54, 1.807) is 51.5 Å². The highest BCUT2D eigenvalue weighted by atomic mass is 35.5. The first-order valence-corrected chi connectivity index (χ1v) is 10.6. The van der Waals surface area contributed by atoms with Crippen LogP contribution in [0.1, 0.15) is 27.0 Å². The minimum atomic E-state index is -0.273. The molecule has 2 aromatic carbocycles. The van der Waals surface area contributed by atoms with Crippen molar-refractivity contribution in [3.8, 4) is 11.5 Å². The predicted molar refractivity (Wildman–Crippen MR) is 121 cm³/mol. The Balaban J connectivity index is 1.99. The second kappa shape index (κ2) is 10.5. The Kier molecular flexibility index (Phi) is 7.97. The fraction of sp³-hybridized carbons (Fsp3) is 0.348. The van der Waals surface area contributed by atoms with Gasteiger partial charge >= 0.3 is 0 Å². The number of carbonyl (C=O) groups excluding carboxylic acids is 1. The van der Waals surface area contributed by atoms with Crippen molar-refractivity contribution in [2.45, 2.75) is 13.5 Å². The van der Waals surface area contributed by atoms with E-state index in [-0.39, 0.29) is 17.3 Å². The molecule has 0 fully saturated rings. The van der Waals surface area contributed by atoms with E-state index in [0.717, 1.165) is 0 Å². The number of methoxy groups -OCH3 is 2. The zero-order valence-electron chi connectivity index (χ0n) is 17.7. The largest absolute Gasteiger partial charge is 0.507 e. The number of ether oxygens (including phenoxy) is 3. The van der Waals surface area contributed by atoms with Crippen LogP contribution in [0.15, 0.2) is 30.0 Å². The molecule has 0 atom stereocenters. The topological polar surface area (TPSA) is 68.2 Å². The number of benzene rings is 2. The fourth-order valence-electron chi connectivity index (χ4n) is 3.45. The zero-order chi connectivity index (χ0) is 22.5. The number of Topliss-reactive ketones (excluding diaryl/α,β-unsaturated/α-hetero) is 1. The highest BCUT2D eigenvalue weighted by Gasteiger charge is 2.34. The van der Waals surface area contributed by atoms with Gasteiger partial charge in [-0.2, -0.15) is 0 Å². The minimum Gasteiger partial charge on any atom is -0.507 e. The second-order valence-electron chi connectivity index (χ2n) is 7.23. The van der Waals surface area contributed by atoms with Gasteiger partial charge in [0.05, 0.1) is 24.3 Å². The van der Waals surface area contributed by atoms with Crippen molar-refractivity contribution < 1.29 is 24.1 Å². The van der Waals surface area contributed by atoms with Gasteiger partial charge in [-0.15, -0.1) is 0 Å². The SMILES string of the molecule is COCCN(CCOC)Cc1c(O)cc(C)c2c1O/C(=C/c1c(Cl)cccc1Cl)C2=O. The lowest BCUT2D eigenvalue weighted by Crippen LogP contribution is -2.30. The minimum absolute atomic E-state index is 0.0703. The van der Waals surface area contributed by atoms with E-state index < -0.39 is 0 Å². The van der Waals surface area contributed by atoms with Crippen molar-refractivity contribution >= 4 is 35.1 Å². The van der Waals surface area contributed by atoms with Crippen LogP contribution in [0.5, 0.6) is 11.5 Å². The van der Waals surface area contributed by atoms with E-state index in [4.69, 9.17) is 37.4 Å². The number of aromatic hydroxyl groups is 1. The molecule has 1 aliphatic rings. The average Bonchev–Trinajstić information content (AvgIpc) is 3.06. The predicted octanol–water partition coefficient (Wildman–Crippen LogP) is 4.72. The van der Waals surface area contributed by atoms with E-state index in [2.05, 4.69) is 4.90 Å². The summed E-state index contributed by atoms with van der Waals surface area (Å²) in [4.78, 5) is 15.2. The number of aryl methyl sites for hydroxylation is 1. The maximum absolute atomic E-state index is 13.1. The van der Waals surface area contributed by atoms with Crippen LogP contribution in [0, 0.1) is 6.92 Å². The summed E-state index contributed by atoms with van der Waals surface area (Å²) in [6.07, 6.45) is 1.54. The summed E-state index contributed by atoms with van der Waals surface area (Å²) in [5.41, 5.74) is 2.11. The first kappa shape index (κ1) is 23.6. The molecule has 0 radical (unpaired) electrons. The molecule has 1 aliphatic heterocycles. The molecule has 31 heavy (non-hydrogen) atoms. The van der Waals surface area contributed by atoms with Crippen LogP contribution in [0.2, 0.25) is 10.0 Å². The summed E-state index contributed by atoms with van der Waals surface area (Å²) >= 11 is 12.5. The summed E-state index contributed by atoms with van der Waals surface area (Å²) < 4.78 is 16.4. The molecule has 0 aromatic heterocycles. The quantitative estimate of drug-likeness (QED) is 0.540. The summed E-state index contributed by atoms with van der Waals surface area (Å²) in [5.74, 6) is 0.267. The van der Waals surface area contributed by atoms with Gasteiger partial charge in [0, 0.05) is 49.5 Å². The second-order valence-corrected chi connectivity index (χ2v) is 8.05. The Morgan fingerprint density at radius 2 is 1.74 bits per heavy atom. The Morgan fingerprint density at radius 3 is 2.32 bits per heavy atom. The maximum Gasteiger partial charge on any atom is 0.232 e. The highest BCUT2D eigenvalue weighted by molar-refractivity contribution is 6.37. The number of phenols is 1. The number of carbonyl (C=O) groups is 1. The number of allylic oxidation sites excluding steroid dienone is 1. The van der Waals surface area contributed by atoms with Gasteiger partial charge in [-0.05, 0) is 36.8 Å². The number of phenolic OH excluding ortho intramolecular Hbond substituents is 1. The zero-order valence-corrected chi connectivity index (χ0v) is 19.2. The van der Waals surface area contributed by atoms with E-state index in [9.17, 15) is 9.90 Å². The number of rotatable bonds is 9. The molecule has 0 unspecified atom stereocenters. The van der Waals surface area contributed by atoms with Gasteiger partial charge in [-0.1, -0.05) is 29.3 Å². The number of ketones is 1. The third-order valence-corrected chi connectivity index (χ3v) is 5.76. The van der Waals surface area contributed by atoms with Gasteiger partial charge in [0.2, 0.25) is 5.78 Å². The number of halogens is 2. The number of hydrogen-bond acceptors (Lipinski definition) is 6. The maximum atomic E-state index is 13.1. The fourth-order valence-corrected chi connectivity index (χ4v) is 3.95. The van der Waals surface area contributed by atoms with Gasteiger partial charge in [0.1, 0.15) is 11.5 Å². The van der Waals surface area contributed by atoms with Crippen LogP contribution >= 0.6 is 23.2 Å². The van der Waals surface area contributed by atoms with E-state index >= 15 is 0 Å². The molecule has 0 saturated carbocycles. The van der Waals surface area contributed by atoms with Crippen molar-refractivity contribution in [1.82, 2.24) is 4.90 Å². The summed E-state index contributed by atoms with van der Waals surface area (Å²) in [7, 11) is 3.27. The summed E-state index contributed by atoms with van der Waals surface area (Å²) in [6.45, 7) is 4.45. The molecule has 166 valence electrons. The third kappa shape index (κ3) is 5.22.